The molecule has 0 fully saturated rings. The first-order chi connectivity index (χ1) is 9.97. The topological polar surface area (TPSA) is 58.6 Å². The summed E-state index contributed by atoms with van der Waals surface area (Å²) in [7, 11) is 1.34. The van der Waals surface area contributed by atoms with Gasteiger partial charge in [0.15, 0.2) is 0 Å². The van der Waals surface area contributed by atoms with Crippen molar-refractivity contribution in [2.24, 2.45) is 0 Å². The smallest absolute Gasteiger partial charge is 0.322 e. The third-order valence-corrected chi connectivity index (χ3v) is 3.52. The quantitative estimate of drug-likeness (QED) is 0.817. The molecule has 1 atom stereocenters. The first-order valence-corrected chi connectivity index (χ1v) is 7.25. The van der Waals surface area contributed by atoms with Gasteiger partial charge in [-0.1, -0.05) is 18.5 Å². The predicted octanol–water partition coefficient (Wildman–Crippen LogP) is 3.54. The van der Waals surface area contributed by atoms with Gasteiger partial charge in [0.05, 0.1) is 13.5 Å². The molecule has 0 aromatic heterocycles. The Morgan fingerprint density at radius 3 is 2.48 bits per heavy atom. The summed E-state index contributed by atoms with van der Waals surface area (Å²) < 4.78 is 4.61. The summed E-state index contributed by atoms with van der Waals surface area (Å²) in [6.45, 7) is 4.26. The van der Waals surface area contributed by atoms with Crippen molar-refractivity contribution in [1.29, 1.82) is 0 Å². The standard InChI is InChI=1S/C15H21ClN2O3/c1-4-11(2)18(10-9-14(19)21-3)15(20)17-13-7-5-12(16)6-8-13/h5-8,11H,4,9-10H2,1-3H3,(H,17,20). The Morgan fingerprint density at radius 2 is 1.95 bits per heavy atom. The van der Waals surface area contributed by atoms with Gasteiger partial charge in [-0.2, -0.15) is 0 Å². The largest absolute Gasteiger partial charge is 0.469 e. The second kappa shape index (κ2) is 8.52. The van der Waals surface area contributed by atoms with Gasteiger partial charge in [0.25, 0.3) is 0 Å². The first kappa shape index (κ1) is 17.3. The van der Waals surface area contributed by atoms with Gasteiger partial charge in [0.2, 0.25) is 0 Å². The van der Waals surface area contributed by atoms with E-state index in [1.54, 1.807) is 29.2 Å². The molecule has 1 rings (SSSR count). The number of hydrogen-bond acceptors (Lipinski definition) is 3. The van der Waals surface area contributed by atoms with E-state index in [-0.39, 0.29) is 24.5 Å². The highest BCUT2D eigenvalue weighted by Crippen LogP contribution is 2.15. The molecule has 21 heavy (non-hydrogen) atoms. The molecule has 1 N–H and O–H groups in total. The molecule has 116 valence electrons. The van der Waals surface area contributed by atoms with E-state index in [0.717, 1.165) is 6.42 Å². The summed E-state index contributed by atoms with van der Waals surface area (Å²) in [5.41, 5.74) is 0.663. The number of esters is 1. The van der Waals surface area contributed by atoms with Crippen LogP contribution in [0.15, 0.2) is 24.3 Å². The van der Waals surface area contributed by atoms with E-state index in [1.165, 1.54) is 7.11 Å². The molecular formula is C15H21ClN2O3. The summed E-state index contributed by atoms with van der Waals surface area (Å²) in [5, 5.41) is 3.41. The van der Waals surface area contributed by atoms with Crippen LogP contribution in [0.25, 0.3) is 0 Å². The number of rotatable bonds is 6. The number of methoxy groups -OCH3 is 1. The van der Waals surface area contributed by atoms with Crippen LogP contribution in [0.5, 0.6) is 0 Å². The van der Waals surface area contributed by atoms with Crippen LogP contribution in [-0.4, -0.2) is 36.6 Å². The number of amides is 2. The SMILES string of the molecule is CCC(C)N(CCC(=O)OC)C(=O)Nc1ccc(Cl)cc1. The lowest BCUT2D eigenvalue weighted by molar-refractivity contribution is -0.140. The number of benzene rings is 1. The Hall–Kier alpha value is -1.75. The molecule has 0 radical (unpaired) electrons. The van der Waals surface area contributed by atoms with Crippen molar-refractivity contribution < 1.29 is 14.3 Å². The predicted molar refractivity (Wildman–Crippen MR) is 83.6 cm³/mol. The van der Waals surface area contributed by atoms with E-state index in [0.29, 0.717) is 17.3 Å². The van der Waals surface area contributed by atoms with E-state index in [9.17, 15) is 9.59 Å². The van der Waals surface area contributed by atoms with Crippen LogP contribution in [0.1, 0.15) is 26.7 Å². The van der Waals surface area contributed by atoms with Gasteiger partial charge in [-0.15, -0.1) is 0 Å². The fraction of sp³-hybridized carbons (Fsp3) is 0.467. The molecule has 0 heterocycles. The third-order valence-electron chi connectivity index (χ3n) is 3.26. The van der Waals surface area contributed by atoms with Crippen LogP contribution >= 0.6 is 11.6 Å². The van der Waals surface area contributed by atoms with Crippen LogP contribution in [0.4, 0.5) is 10.5 Å². The number of hydrogen-bond donors (Lipinski definition) is 1. The average molecular weight is 313 g/mol. The molecule has 6 heteroatoms. The summed E-state index contributed by atoms with van der Waals surface area (Å²) in [5.74, 6) is -0.331. The molecule has 1 aromatic rings. The molecule has 0 aliphatic carbocycles. The first-order valence-electron chi connectivity index (χ1n) is 6.88. The zero-order valence-corrected chi connectivity index (χ0v) is 13.3. The van der Waals surface area contributed by atoms with Crippen molar-refractivity contribution in [3.8, 4) is 0 Å². The van der Waals surface area contributed by atoms with Crippen molar-refractivity contribution in [3.05, 3.63) is 29.3 Å². The number of urea groups is 1. The zero-order valence-electron chi connectivity index (χ0n) is 12.6. The lowest BCUT2D eigenvalue weighted by Gasteiger charge is -2.28. The van der Waals surface area contributed by atoms with E-state index in [4.69, 9.17) is 11.6 Å². The Bertz CT molecular complexity index is 476. The lowest BCUT2D eigenvalue weighted by Crippen LogP contribution is -2.42. The lowest BCUT2D eigenvalue weighted by atomic mass is 10.2. The monoisotopic (exact) mass is 312 g/mol. The minimum Gasteiger partial charge on any atom is -0.469 e. The van der Waals surface area contributed by atoms with E-state index in [2.05, 4.69) is 10.1 Å². The zero-order chi connectivity index (χ0) is 15.8. The molecule has 1 unspecified atom stereocenters. The number of nitrogens with one attached hydrogen (secondary N) is 1. The molecule has 0 spiro atoms. The van der Waals surface area contributed by atoms with Crippen LogP contribution in [0.3, 0.4) is 0 Å². The van der Waals surface area contributed by atoms with Crippen molar-refractivity contribution in [1.82, 2.24) is 4.90 Å². The van der Waals surface area contributed by atoms with E-state index < -0.39 is 0 Å². The van der Waals surface area contributed by atoms with Crippen molar-refractivity contribution in [2.75, 3.05) is 19.0 Å². The fourth-order valence-electron chi connectivity index (χ4n) is 1.78. The van der Waals surface area contributed by atoms with Crippen molar-refractivity contribution >= 4 is 29.3 Å². The van der Waals surface area contributed by atoms with Gasteiger partial charge >= 0.3 is 12.0 Å². The third kappa shape index (κ3) is 5.63. The Labute approximate surface area is 130 Å². The number of nitrogens with zero attached hydrogens (tertiary/aromatic N) is 1. The number of halogens is 1. The highest BCUT2D eigenvalue weighted by Gasteiger charge is 2.20. The van der Waals surface area contributed by atoms with E-state index in [1.807, 2.05) is 13.8 Å². The molecule has 0 aliphatic rings. The number of carbonyl (C=O) groups is 2. The summed E-state index contributed by atoms with van der Waals surface area (Å²) in [6, 6.07) is 6.67. The highest BCUT2D eigenvalue weighted by molar-refractivity contribution is 6.30. The fourth-order valence-corrected chi connectivity index (χ4v) is 1.91. The van der Waals surface area contributed by atoms with Crippen LogP contribution in [0.2, 0.25) is 5.02 Å². The maximum atomic E-state index is 12.3. The Kier molecular flexibility index (Phi) is 7.02. The molecule has 1 aromatic carbocycles. The van der Waals surface area contributed by atoms with E-state index >= 15 is 0 Å². The molecular weight excluding hydrogens is 292 g/mol. The second-order valence-corrected chi connectivity index (χ2v) is 5.15. The Balaban J connectivity index is 2.70. The van der Waals surface area contributed by atoms with Crippen LogP contribution < -0.4 is 5.32 Å². The van der Waals surface area contributed by atoms with Crippen LogP contribution in [-0.2, 0) is 9.53 Å². The second-order valence-electron chi connectivity index (χ2n) is 4.71. The van der Waals surface area contributed by atoms with Gasteiger partial charge in [-0.05, 0) is 37.6 Å². The van der Waals surface area contributed by atoms with Crippen molar-refractivity contribution in [3.63, 3.8) is 0 Å². The maximum absolute atomic E-state index is 12.3. The van der Waals surface area contributed by atoms with Crippen LogP contribution in [0, 0.1) is 0 Å². The molecule has 2 amide bonds. The molecule has 0 aliphatic heterocycles. The maximum Gasteiger partial charge on any atom is 0.322 e. The van der Waals surface area contributed by atoms with Crippen molar-refractivity contribution in [2.45, 2.75) is 32.7 Å². The van der Waals surface area contributed by atoms with Gasteiger partial charge in [0, 0.05) is 23.3 Å². The minimum atomic E-state index is -0.331. The number of ether oxygens (including phenoxy) is 1. The summed E-state index contributed by atoms with van der Waals surface area (Å²) in [6.07, 6.45) is 0.976. The van der Waals surface area contributed by atoms with Gasteiger partial charge in [-0.25, -0.2) is 4.79 Å². The van der Waals surface area contributed by atoms with Gasteiger partial charge < -0.3 is 15.0 Å². The number of anilines is 1. The average Bonchev–Trinajstić information content (AvgIpc) is 2.49. The Morgan fingerprint density at radius 1 is 1.33 bits per heavy atom. The molecule has 5 nitrogen and oxygen atoms in total. The summed E-state index contributed by atoms with van der Waals surface area (Å²) >= 11 is 5.81. The van der Waals surface area contributed by atoms with Gasteiger partial charge in [0.1, 0.15) is 0 Å². The van der Waals surface area contributed by atoms with Gasteiger partial charge in [-0.3, -0.25) is 4.79 Å². The molecule has 0 saturated heterocycles. The minimum absolute atomic E-state index is 0.0296. The summed E-state index contributed by atoms with van der Waals surface area (Å²) in [4.78, 5) is 25.2. The normalized spacial score (nSPS) is 11.6. The highest BCUT2D eigenvalue weighted by atomic mass is 35.5. The molecule has 0 bridgehead atoms. The number of carbonyl (C=O) groups excluding carboxylic acids is 2. The molecule has 0 saturated carbocycles.